The summed E-state index contributed by atoms with van der Waals surface area (Å²) in [6.07, 6.45) is 0.870. The number of imide groups is 2. The molecule has 0 bridgehead atoms. The highest BCUT2D eigenvalue weighted by molar-refractivity contribution is 5.96. The van der Waals surface area contributed by atoms with Gasteiger partial charge in [0, 0.05) is 38.8 Å². The molecule has 0 saturated carbocycles. The molecular weight excluding hydrogens is 260 g/mol. The van der Waals surface area contributed by atoms with Gasteiger partial charge in [-0.1, -0.05) is 27.7 Å². The van der Waals surface area contributed by atoms with Crippen molar-refractivity contribution in [1.29, 1.82) is 0 Å². The first-order chi connectivity index (χ1) is 9.42. The van der Waals surface area contributed by atoms with Crippen LogP contribution in [0.3, 0.4) is 0 Å². The van der Waals surface area contributed by atoms with E-state index in [0.29, 0.717) is 0 Å². The molecule has 0 aliphatic rings. The number of rotatable bonds is 7. The lowest BCUT2D eigenvalue weighted by atomic mass is 10.3. The van der Waals surface area contributed by atoms with E-state index in [0.717, 1.165) is 9.80 Å². The molecular formula is C14H24N2O4. The number of carbonyl (C=O) groups is 4. The zero-order valence-electron chi connectivity index (χ0n) is 12.8. The molecule has 0 rings (SSSR count). The van der Waals surface area contributed by atoms with Gasteiger partial charge in [0.25, 0.3) is 0 Å². The van der Waals surface area contributed by atoms with Crippen molar-refractivity contribution in [3.8, 4) is 0 Å². The summed E-state index contributed by atoms with van der Waals surface area (Å²) in [5.74, 6) is -1.15. The number of nitrogens with zero attached hydrogens (tertiary/aromatic N) is 2. The van der Waals surface area contributed by atoms with Crippen LogP contribution < -0.4 is 0 Å². The molecule has 6 heteroatoms. The largest absolute Gasteiger partial charge is 0.281 e. The van der Waals surface area contributed by atoms with Gasteiger partial charge in [-0.3, -0.25) is 29.0 Å². The second-order valence-electron chi connectivity index (χ2n) is 4.29. The maximum absolute atomic E-state index is 11.7. The van der Waals surface area contributed by atoms with Crippen molar-refractivity contribution in [3.63, 3.8) is 0 Å². The lowest BCUT2D eigenvalue weighted by Crippen LogP contribution is -2.45. The van der Waals surface area contributed by atoms with E-state index >= 15 is 0 Å². The average Bonchev–Trinajstić information content (AvgIpc) is 2.48. The Balaban J connectivity index is 4.86. The second-order valence-corrected chi connectivity index (χ2v) is 4.29. The molecule has 6 nitrogen and oxygen atoms in total. The number of carbonyl (C=O) groups excluding carboxylic acids is 4. The third kappa shape index (κ3) is 5.11. The van der Waals surface area contributed by atoms with Crippen molar-refractivity contribution < 1.29 is 19.2 Å². The van der Waals surface area contributed by atoms with Gasteiger partial charge < -0.3 is 0 Å². The molecule has 0 aliphatic heterocycles. The van der Waals surface area contributed by atoms with Crippen LogP contribution in [0, 0.1) is 0 Å². The Labute approximate surface area is 120 Å². The molecule has 4 amide bonds. The molecule has 0 aromatic heterocycles. The number of amides is 4. The third-order valence-corrected chi connectivity index (χ3v) is 2.96. The highest BCUT2D eigenvalue weighted by Gasteiger charge is 2.23. The molecule has 0 aromatic carbocycles. The summed E-state index contributed by atoms with van der Waals surface area (Å²) in [6.45, 7) is 6.82. The fraction of sp³-hybridized carbons (Fsp3) is 0.714. The van der Waals surface area contributed by atoms with Gasteiger partial charge in [-0.05, 0) is 0 Å². The van der Waals surface area contributed by atoms with Crippen molar-refractivity contribution in [1.82, 2.24) is 9.80 Å². The highest BCUT2D eigenvalue weighted by atomic mass is 16.2. The molecule has 0 heterocycles. The normalized spacial score (nSPS) is 10.0. The van der Waals surface area contributed by atoms with Gasteiger partial charge >= 0.3 is 0 Å². The van der Waals surface area contributed by atoms with Crippen molar-refractivity contribution in [2.45, 2.75) is 53.4 Å². The second kappa shape index (κ2) is 9.23. The Morgan fingerprint density at radius 2 is 0.750 bits per heavy atom. The lowest BCUT2D eigenvalue weighted by Gasteiger charge is -2.25. The Bertz CT molecular complexity index is 311. The molecule has 0 aromatic rings. The maximum Gasteiger partial charge on any atom is 0.228 e. The van der Waals surface area contributed by atoms with Crippen molar-refractivity contribution in [3.05, 3.63) is 0 Å². The van der Waals surface area contributed by atoms with Gasteiger partial charge in [-0.15, -0.1) is 0 Å². The first-order valence-corrected chi connectivity index (χ1v) is 7.09. The highest BCUT2D eigenvalue weighted by Crippen LogP contribution is 2.03. The molecule has 0 aliphatic carbocycles. The average molecular weight is 284 g/mol. The monoisotopic (exact) mass is 284 g/mol. The summed E-state index contributed by atoms with van der Waals surface area (Å²) < 4.78 is 0. The third-order valence-electron chi connectivity index (χ3n) is 2.96. The summed E-state index contributed by atoms with van der Waals surface area (Å²) >= 11 is 0. The molecule has 0 atom stereocenters. The van der Waals surface area contributed by atoms with E-state index in [2.05, 4.69) is 0 Å². The maximum atomic E-state index is 11.7. The Hall–Kier alpha value is -1.72. The Kier molecular flexibility index (Phi) is 8.43. The van der Waals surface area contributed by atoms with Crippen LogP contribution in [-0.4, -0.2) is 46.5 Å². The first-order valence-electron chi connectivity index (χ1n) is 7.09. The van der Waals surface area contributed by atoms with Gasteiger partial charge in [0.15, 0.2) is 0 Å². The van der Waals surface area contributed by atoms with E-state index in [9.17, 15) is 19.2 Å². The van der Waals surface area contributed by atoms with Crippen LogP contribution in [0.2, 0.25) is 0 Å². The van der Waals surface area contributed by atoms with Crippen LogP contribution in [0.1, 0.15) is 53.4 Å². The minimum absolute atomic E-state index is 0.0663. The van der Waals surface area contributed by atoms with Gasteiger partial charge in [0.2, 0.25) is 23.6 Å². The van der Waals surface area contributed by atoms with Crippen LogP contribution >= 0.6 is 0 Å². The van der Waals surface area contributed by atoms with Crippen molar-refractivity contribution in [2.75, 3.05) is 13.1 Å². The summed E-state index contributed by atoms with van der Waals surface area (Å²) in [4.78, 5) is 49.1. The summed E-state index contributed by atoms with van der Waals surface area (Å²) in [5.41, 5.74) is 0. The van der Waals surface area contributed by atoms with Gasteiger partial charge in [-0.25, -0.2) is 0 Å². The molecule has 20 heavy (non-hydrogen) atoms. The smallest absolute Gasteiger partial charge is 0.228 e. The molecule has 0 saturated heterocycles. The van der Waals surface area contributed by atoms with Gasteiger partial charge in [0.05, 0.1) is 0 Å². The van der Waals surface area contributed by atoms with E-state index in [-0.39, 0.29) is 62.4 Å². The van der Waals surface area contributed by atoms with E-state index in [4.69, 9.17) is 0 Å². The lowest BCUT2D eigenvalue weighted by molar-refractivity contribution is -0.150. The zero-order chi connectivity index (χ0) is 15.7. The van der Waals surface area contributed by atoms with E-state index in [1.807, 2.05) is 0 Å². The predicted molar refractivity (Wildman–Crippen MR) is 74.6 cm³/mol. The fourth-order valence-corrected chi connectivity index (χ4v) is 1.74. The fourth-order valence-electron chi connectivity index (χ4n) is 1.74. The van der Waals surface area contributed by atoms with Crippen molar-refractivity contribution in [2.24, 2.45) is 0 Å². The van der Waals surface area contributed by atoms with Crippen LogP contribution in [0.4, 0.5) is 0 Å². The number of hydrogen-bond donors (Lipinski definition) is 0. The van der Waals surface area contributed by atoms with Gasteiger partial charge in [-0.2, -0.15) is 0 Å². The molecule has 114 valence electrons. The molecule has 0 N–H and O–H groups in total. The molecule has 0 spiro atoms. The minimum atomic E-state index is -0.287. The molecule has 0 radical (unpaired) electrons. The van der Waals surface area contributed by atoms with Crippen LogP contribution in [0.25, 0.3) is 0 Å². The van der Waals surface area contributed by atoms with E-state index in [1.54, 1.807) is 27.7 Å². The van der Waals surface area contributed by atoms with Crippen LogP contribution in [0.15, 0.2) is 0 Å². The topological polar surface area (TPSA) is 74.8 Å². The summed E-state index contributed by atoms with van der Waals surface area (Å²) in [7, 11) is 0. The molecule has 0 fully saturated rings. The predicted octanol–water partition coefficient (Wildman–Crippen LogP) is 1.34. The van der Waals surface area contributed by atoms with E-state index < -0.39 is 0 Å². The SMILES string of the molecule is CCC(=O)N(CCN(C(=O)CC)C(=O)CC)C(=O)CC. The zero-order valence-corrected chi connectivity index (χ0v) is 12.8. The number of hydrogen-bond acceptors (Lipinski definition) is 4. The first kappa shape index (κ1) is 18.3. The summed E-state index contributed by atoms with van der Waals surface area (Å²) in [6, 6.07) is 0. The Morgan fingerprint density at radius 1 is 0.550 bits per heavy atom. The van der Waals surface area contributed by atoms with Crippen LogP contribution in [-0.2, 0) is 19.2 Å². The summed E-state index contributed by atoms with van der Waals surface area (Å²) in [5, 5.41) is 0. The standard InChI is InChI=1S/C14H24N2O4/c1-5-11(17)15(12(18)6-2)9-10-16(13(19)7-3)14(20)8-4/h5-10H2,1-4H3. The Morgan fingerprint density at radius 3 is 0.900 bits per heavy atom. The van der Waals surface area contributed by atoms with Crippen molar-refractivity contribution >= 4 is 23.6 Å². The van der Waals surface area contributed by atoms with Gasteiger partial charge in [0.1, 0.15) is 0 Å². The minimum Gasteiger partial charge on any atom is -0.281 e. The molecule has 0 unspecified atom stereocenters. The van der Waals surface area contributed by atoms with Crippen LogP contribution in [0.5, 0.6) is 0 Å². The quantitative estimate of drug-likeness (QED) is 0.707. The van der Waals surface area contributed by atoms with E-state index in [1.165, 1.54) is 0 Å².